The van der Waals surface area contributed by atoms with E-state index in [9.17, 15) is 18.4 Å². The van der Waals surface area contributed by atoms with Gasteiger partial charge in [-0.15, -0.1) is 0 Å². The minimum Gasteiger partial charge on any atom is -0.480 e. The van der Waals surface area contributed by atoms with Gasteiger partial charge in [0.05, 0.1) is 0 Å². The monoisotopic (exact) mass is 317 g/mol. The highest BCUT2D eigenvalue weighted by molar-refractivity contribution is 6.30. The van der Waals surface area contributed by atoms with Crippen molar-refractivity contribution in [3.8, 4) is 0 Å². The number of hydrogen-bond acceptors (Lipinski definition) is 2. The van der Waals surface area contributed by atoms with E-state index in [-0.39, 0.29) is 11.8 Å². The molecule has 1 aliphatic rings. The first-order valence-electron chi connectivity index (χ1n) is 6.45. The highest BCUT2D eigenvalue weighted by Crippen LogP contribution is 2.48. The minimum absolute atomic E-state index is 0.0373. The second-order valence-corrected chi connectivity index (χ2v) is 5.47. The maximum absolute atomic E-state index is 12.3. The third-order valence-electron chi connectivity index (χ3n) is 3.43. The Morgan fingerprint density at radius 3 is 2.71 bits per heavy atom. The van der Waals surface area contributed by atoms with Gasteiger partial charge < -0.3 is 10.4 Å². The number of amides is 1. The Morgan fingerprint density at radius 2 is 2.14 bits per heavy atom. The third kappa shape index (κ3) is 4.14. The van der Waals surface area contributed by atoms with E-state index in [4.69, 9.17) is 16.7 Å². The number of carboxylic acid groups (broad SMARTS) is 1. The normalized spacial score (nSPS) is 21.9. The van der Waals surface area contributed by atoms with Crippen molar-refractivity contribution in [1.29, 1.82) is 0 Å². The lowest BCUT2D eigenvalue weighted by molar-refractivity contribution is -0.143. The van der Waals surface area contributed by atoms with Crippen LogP contribution in [-0.4, -0.2) is 29.5 Å². The van der Waals surface area contributed by atoms with Gasteiger partial charge in [-0.1, -0.05) is 23.7 Å². The first kappa shape index (κ1) is 15.7. The summed E-state index contributed by atoms with van der Waals surface area (Å²) in [5, 5.41) is 11.6. The van der Waals surface area contributed by atoms with Gasteiger partial charge in [-0.2, -0.15) is 0 Å². The van der Waals surface area contributed by atoms with Crippen molar-refractivity contribution in [1.82, 2.24) is 5.32 Å². The van der Waals surface area contributed by atoms with Crippen LogP contribution in [-0.2, 0) is 9.59 Å². The van der Waals surface area contributed by atoms with Crippen molar-refractivity contribution in [2.75, 3.05) is 0 Å². The van der Waals surface area contributed by atoms with E-state index >= 15 is 0 Å². The molecule has 4 nitrogen and oxygen atoms in total. The molecule has 1 saturated carbocycles. The summed E-state index contributed by atoms with van der Waals surface area (Å²) in [6.45, 7) is 0. The first-order valence-corrected chi connectivity index (χ1v) is 6.83. The molecule has 0 aliphatic heterocycles. The van der Waals surface area contributed by atoms with Crippen molar-refractivity contribution >= 4 is 23.5 Å². The Hall–Kier alpha value is -1.69. The minimum atomic E-state index is -2.78. The molecule has 114 valence electrons. The molecular weight excluding hydrogens is 304 g/mol. The van der Waals surface area contributed by atoms with E-state index in [1.807, 2.05) is 6.07 Å². The summed E-state index contributed by atoms with van der Waals surface area (Å²) in [5.74, 6) is -2.38. The maximum Gasteiger partial charge on any atom is 0.326 e. The third-order valence-corrected chi connectivity index (χ3v) is 3.67. The average molecular weight is 318 g/mol. The predicted molar refractivity (Wildman–Crippen MR) is 72.5 cm³/mol. The van der Waals surface area contributed by atoms with E-state index < -0.39 is 30.8 Å². The van der Waals surface area contributed by atoms with Gasteiger partial charge in [-0.05, 0) is 30.0 Å². The number of halogens is 3. The molecule has 0 aromatic heterocycles. The van der Waals surface area contributed by atoms with Gasteiger partial charge in [0.2, 0.25) is 12.3 Å². The molecule has 1 aromatic carbocycles. The molecule has 1 aliphatic carbocycles. The molecule has 1 amide bonds. The zero-order chi connectivity index (χ0) is 15.6. The van der Waals surface area contributed by atoms with Gasteiger partial charge in [0.15, 0.2) is 0 Å². The lowest BCUT2D eigenvalue weighted by Gasteiger charge is -2.14. The van der Waals surface area contributed by atoms with E-state index in [0.717, 1.165) is 5.56 Å². The summed E-state index contributed by atoms with van der Waals surface area (Å²) in [4.78, 5) is 22.8. The number of hydrogen-bond donors (Lipinski definition) is 2. The number of carboxylic acids is 1. The smallest absolute Gasteiger partial charge is 0.326 e. The Morgan fingerprint density at radius 1 is 1.43 bits per heavy atom. The standard InChI is InChI=1S/C14H14ClF2NO3/c15-8-3-1-2-7(4-8)9-5-10(9)13(19)18-11(14(20)21)6-12(16)17/h1-4,9-12H,5-6H2,(H,18,19)(H,20,21). The number of benzene rings is 1. The molecule has 1 aromatic rings. The van der Waals surface area contributed by atoms with Crippen LogP contribution in [0.2, 0.25) is 5.02 Å². The fourth-order valence-corrected chi connectivity index (χ4v) is 2.47. The molecule has 0 saturated heterocycles. The Labute approximate surface area is 125 Å². The molecule has 3 atom stereocenters. The van der Waals surface area contributed by atoms with Gasteiger partial charge in [0.25, 0.3) is 0 Å². The lowest BCUT2D eigenvalue weighted by Crippen LogP contribution is -2.42. The molecule has 0 heterocycles. The predicted octanol–water partition coefficient (Wildman–Crippen LogP) is 2.67. The van der Waals surface area contributed by atoms with Crippen LogP contribution >= 0.6 is 11.6 Å². The molecule has 2 rings (SSSR count). The summed E-state index contributed by atoms with van der Waals surface area (Å²) in [6.07, 6.45) is -3.11. The van der Waals surface area contributed by atoms with Gasteiger partial charge in [-0.25, -0.2) is 13.6 Å². The van der Waals surface area contributed by atoms with Crippen LogP contribution in [0.1, 0.15) is 24.3 Å². The number of carbonyl (C=O) groups is 2. The molecule has 7 heteroatoms. The van der Waals surface area contributed by atoms with Crippen molar-refractivity contribution in [2.24, 2.45) is 5.92 Å². The quantitative estimate of drug-likeness (QED) is 0.847. The van der Waals surface area contributed by atoms with Crippen LogP contribution in [0.3, 0.4) is 0 Å². The number of carbonyl (C=O) groups excluding carboxylic acids is 1. The second-order valence-electron chi connectivity index (χ2n) is 5.03. The van der Waals surface area contributed by atoms with Crippen LogP contribution in [0.5, 0.6) is 0 Å². The molecular formula is C14H14ClF2NO3. The zero-order valence-corrected chi connectivity index (χ0v) is 11.7. The van der Waals surface area contributed by atoms with E-state index in [1.165, 1.54) is 0 Å². The lowest BCUT2D eigenvalue weighted by atomic mass is 10.1. The van der Waals surface area contributed by atoms with Crippen molar-refractivity contribution in [2.45, 2.75) is 31.2 Å². The zero-order valence-electron chi connectivity index (χ0n) is 10.9. The first-order chi connectivity index (χ1) is 9.88. The summed E-state index contributed by atoms with van der Waals surface area (Å²) >= 11 is 5.87. The fourth-order valence-electron chi connectivity index (χ4n) is 2.27. The van der Waals surface area contributed by atoms with E-state index in [0.29, 0.717) is 11.4 Å². The topological polar surface area (TPSA) is 66.4 Å². The van der Waals surface area contributed by atoms with Crippen LogP contribution in [0.25, 0.3) is 0 Å². The van der Waals surface area contributed by atoms with Crippen molar-refractivity contribution in [3.05, 3.63) is 34.9 Å². The van der Waals surface area contributed by atoms with Gasteiger partial charge in [0, 0.05) is 17.4 Å². The van der Waals surface area contributed by atoms with Crippen molar-refractivity contribution < 1.29 is 23.5 Å². The largest absolute Gasteiger partial charge is 0.480 e. The summed E-state index contributed by atoms with van der Waals surface area (Å²) in [5.41, 5.74) is 0.892. The summed E-state index contributed by atoms with van der Waals surface area (Å²) < 4.78 is 24.5. The molecule has 0 radical (unpaired) electrons. The van der Waals surface area contributed by atoms with Crippen LogP contribution in [0.4, 0.5) is 8.78 Å². The molecule has 0 spiro atoms. The molecule has 0 bridgehead atoms. The van der Waals surface area contributed by atoms with Gasteiger partial charge in [-0.3, -0.25) is 4.79 Å². The Bertz CT molecular complexity index is 553. The maximum atomic E-state index is 12.3. The van der Waals surface area contributed by atoms with Crippen molar-refractivity contribution in [3.63, 3.8) is 0 Å². The van der Waals surface area contributed by atoms with Crippen LogP contribution < -0.4 is 5.32 Å². The second kappa shape index (κ2) is 6.39. The molecule has 1 fully saturated rings. The summed E-state index contributed by atoms with van der Waals surface area (Å²) in [7, 11) is 0. The number of rotatable bonds is 6. The fraction of sp³-hybridized carbons (Fsp3) is 0.429. The molecule has 2 N–H and O–H groups in total. The van der Waals surface area contributed by atoms with E-state index in [1.54, 1.807) is 18.2 Å². The van der Waals surface area contributed by atoms with Gasteiger partial charge >= 0.3 is 5.97 Å². The number of alkyl halides is 2. The highest BCUT2D eigenvalue weighted by Gasteiger charge is 2.45. The van der Waals surface area contributed by atoms with Crippen LogP contribution in [0, 0.1) is 5.92 Å². The van der Waals surface area contributed by atoms with Crippen LogP contribution in [0.15, 0.2) is 24.3 Å². The number of aliphatic carboxylic acids is 1. The average Bonchev–Trinajstić information content (AvgIpc) is 3.17. The highest BCUT2D eigenvalue weighted by atomic mass is 35.5. The molecule has 21 heavy (non-hydrogen) atoms. The van der Waals surface area contributed by atoms with Gasteiger partial charge in [0.1, 0.15) is 6.04 Å². The summed E-state index contributed by atoms with van der Waals surface area (Å²) in [6, 6.07) is 5.50. The molecule has 3 unspecified atom stereocenters. The van der Waals surface area contributed by atoms with E-state index in [2.05, 4.69) is 5.32 Å². The number of nitrogens with one attached hydrogen (secondary N) is 1. The Kier molecular flexibility index (Phi) is 4.77. The SMILES string of the molecule is O=C(O)C(CC(F)F)NC(=O)C1CC1c1cccc(Cl)c1. The Balaban J connectivity index is 1.94.